The topological polar surface area (TPSA) is 64.3 Å². The highest BCUT2D eigenvalue weighted by molar-refractivity contribution is 5.89. The van der Waals surface area contributed by atoms with E-state index in [4.69, 9.17) is 9.84 Å². The quantitative estimate of drug-likeness (QED) is 0.942. The third kappa shape index (κ3) is 3.15. The summed E-state index contributed by atoms with van der Waals surface area (Å²) in [6.07, 6.45) is -3.18. The Morgan fingerprint density at radius 3 is 2.62 bits per heavy atom. The van der Waals surface area contributed by atoms with Gasteiger partial charge in [-0.15, -0.1) is 0 Å². The summed E-state index contributed by atoms with van der Waals surface area (Å²) in [5.74, 6) is -1.27. The van der Waals surface area contributed by atoms with Crippen molar-refractivity contribution in [3.05, 3.63) is 41.7 Å². The summed E-state index contributed by atoms with van der Waals surface area (Å²) < 4.78 is 44.6. The summed E-state index contributed by atoms with van der Waals surface area (Å²) in [5.41, 5.74) is -2.05. The molecule has 0 bridgehead atoms. The fraction of sp³-hybridized carbons (Fsp3) is 0.231. The third-order valence-electron chi connectivity index (χ3n) is 2.63. The van der Waals surface area contributed by atoms with Crippen LogP contribution in [-0.4, -0.2) is 27.2 Å². The minimum atomic E-state index is -4.75. The molecule has 112 valence electrons. The molecule has 0 aliphatic rings. The number of carboxylic acid groups (broad SMARTS) is 1. The Hall–Kier alpha value is -2.51. The number of carboxylic acids is 1. The SMILES string of the molecule is CCOc1cccc(-n2cc(C(=O)O)c(C(F)(F)F)c2)n1. The van der Waals surface area contributed by atoms with Crippen LogP contribution in [0.1, 0.15) is 22.8 Å². The maximum absolute atomic E-state index is 12.8. The van der Waals surface area contributed by atoms with Crippen LogP contribution in [0.2, 0.25) is 0 Å². The normalized spacial score (nSPS) is 11.4. The van der Waals surface area contributed by atoms with Gasteiger partial charge < -0.3 is 14.4 Å². The van der Waals surface area contributed by atoms with Crippen molar-refractivity contribution in [3.63, 3.8) is 0 Å². The molecule has 0 fully saturated rings. The number of hydrogen-bond donors (Lipinski definition) is 1. The maximum atomic E-state index is 12.8. The molecule has 0 aliphatic carbocycles. The van der Waals surface area contributed by atoms with Crippen LogP contribution in [0.3, 0.4) is 0 Å². The summed E-state index contributed by atoms with van der Waals surface area (Å²) in [6, 6.07) is 4.56. The van der Waals surface area contributed by atoms with Crippen molar-refractivity contribution in [2.75, 3.05) is 6.61 Å². The monoisotopic (exact) mass is 300 g/mol. The highest BCUT2D eigenvalue weighted by Crippen LogP contribution is 2.33. The zero-order valence-corrected chi connectivity index (χ0v) is 10.9. The minimum Gasteiger partial charge on any atom is -0.478 e. The first-order valence-electron chi connectivity index (χ1n) is 5.95. The first-order valence-corrected chi connectivity index (χ1v) is 5.95. The van der Waals surface area contributed by atoms with E-state index in [1.54, 1.807) is 19.1 Å². The predicted octanol–water partition coefficient (Wildman–Crippen LogP) is 2.99. The van der Waals surface area contributed by atoms with Gasteiger partial charge >= 0.3 is 12.1 Å². The van der Waals surface area contributed by atoms with E-state index in [1.807, 2.05) is 0 Å². The van der Waals surface area contributed by atoms with Crippen LogP contribution in [-0.2, 0) is 6.18 Å². The van der Waals surface area contributed by atoms with Crippen LogP contribution >= 0.6 is 0 Å². The maximum Gasteiger partial charge on any atom is 0.418 e. The molecule has 2 rings (SSSR count). The molecule has 1 N–H and O–H groups in total. The van der Waals surface area contributed by atoms with Gasteiger partial charge in [-0.25, -0.2) is 4.79 Å². The summed E-state index contributed by atoms with van der Waals surface area (Å²) in [7, 11) is 0. The largest absolute Gasteiger partial charge is 0.478 e. The number of aromatic nitrogens is 2. The summed E-state index contributed by atoms with van der Waals surface area (Å²) in [4.78, 5) is 14.9. The second-order valence-electron chi connectivity index (χ2n) is 4.06. The number of alkyl halides is 3. The Labute approximate surface area is 117 Å². The molecule has 0 unspecified atom stereocenters. The van der Waals surface area contributed by atoms with Crippen LogP contribution < -0.4 is 4.74 Å². The Morgan fingerprint density at radius 1 is 1.38 bits per heavy atom. The molecule has 0 amide bonds. The lowest BCUT2D eigenvalue weighted by molar-refractivity contribution is -0.138. The molecule has 8 heteroatoms. The van der Waals surface area contributed by atoms with Crippen molar-refractivity contribution in [3.8, 4) is 11.7 Å². The van der Waals surface area contributed by atoms with Gasteiger partial charge in [0.05, 0.1) is 17.7 Å². The Morgan fingerprint density at radius 2 is 2.10 bits per heavy atom. The van der Waals surface area contributed by atoms with Gasteiger partial charge in [0.25, 0.3) is 0 Å². The van der Waals surface area contributed by atoms with Crippen molar-refractivity contribution in [2.45, 2.75) is 13.1 Å². The van der Waals surface area contributed by atoms with E-state index in [9.17, 15) is 18.0 Å². The number of ether oxygens (including phenoxy) is 1. The highest BCUT2D eigenvalue weighted by Gasteiger charge is 2.37. The number of nitrogens with zero attached hydrogens (tertiary/aromatic N) is 2. The number of aromatic carboxylic acids is 1. The first-order chi connectivity index (χ1) is 9.82. The van der Waals surface area contributed by atoms with Crippen LogP contribution in [0, 0.1) is 0 Å². The highest BCUT2D eigenvalue weighted by atomic mass is 19.4. The number of halogens is 3. The van der Waals surface area contributed by atoms with Gasteiger partial charge in [0.15, 0.2) is 0 Å². The van der Waals surface area contributed by atoms with Crippen LogP contribution in [0.15, 0.2) is 30.6 Å². The van der Waals surface area contributed by atoms with Gasteiger partial charge in [0.2, 0.25) is 5.88 Å². The number of hydrogen-bond acceptors (Lipinski definition) is 3. The molecule has 0 saturated carbocycles. The average Bonchev–Trinajstić information content (AvgIpc) is 2.84. The molecule has 0 saturated heterocycles. The lowest BCUT2D eigenvalue weighted by Gasteiger charge is -2.06. The lowest BCUT2D eigenvalue weighted by atomic mass is 10.2. The van der Waals surface area contributed by atoms with E-state index in [0.29, 0.717) is 12.8 Å². The molecule has 0 atom stereocenters. The van der Waals surface area contributed by atoms with Gasteiger partial charge in [-0.05, 0) is 13.0 Å². The van der Waals surface area contributed by atoms with Crippen LogP contribution in [0.25, 0.3) is 5.82 Å². The second-order valence-corrected chi connectivity index (χ2v) is 4.06. The van der Waals surface area contributed by atoms with Crippen molar-refractivity contribution >= 4 is 5.97 Å². The van der Waals surface area contributed by atoms with Crippen molar-refractivity contribution in [1.82, 2.24) is 9.55 Å². The zero-order chi connectivity index (χ0) is 15.6. The van der Waals surface area contributed by atoms with E-state index in [0.717, 1.165) is 10.8 Å². The Bertz CT molecular complexity index is 665. The van der Waals surface area contributed by atoms with Crippen molar-refractivity contribution < 1.29 is 27.8 Å². The molecule has 0 spiro atoms. The van der Waals surface area contributed by atoms with E-state index >= 15 is 0 Å². The fourth-order valence-corrected chi connectivity index (χ4v) is 1.76. The molecule has 5 nitrogen and oxygen atoms in total. The summed E-state index contributed by atoms with van der Waals surface area (Å²) in [5, 5.41) is 8.87. The standard InChI is InChI=1S/C13H11F3N2O3/c1-2-21-11-5-3-4-10(17-11)18-6-8(12(19)20)9(7-18)13(14,15)16/h3-7H,2H2,1H3,(H,19,20). The van der Waals surface area contributed by atoms with Gasteiger partial charge in [-0.2, -0.15) is 18.2 Å². The van der Waals surface area contributed by atoms with Gasteiger partial charge in [0.1, 0.15) is 5.82 Å². The molecule has 21 heavy (non-hydrogen) atoms. The minimum absolute atomic E-state index is 0.138. The summed E-state index contributed by atoms with van der Waals surface area (Å²) in [6.45, 7) is 2.10. The average molecular weight is 300 g/mol. The van der Waals surface area contributed by atoms with E-state index in [2.05, 4.69) is 4.98 Å². The van der Waals surface area contributed by atoms with Crippen LogP contribution in [0.5, 0.6) is 5.88 Å². The van der Waals surface area contributed by atoms with E-state index < -0.39 is 23.3 Å². The van der Waals surface area contributed by atoms with E-state index in [1.165, 1.54) is 6.07 Å². The molecule has 2 heterocycles. The fourth-order valence-electron chi connectivity index (χ4n) is 1.76. The molecule has 2 aromatic heterocycles. The Balaban J connectivity index is 2.50. The molecular weight excluding hydrogens is 289 g/mol. The third-order valence-corrected chi connectivity index (χ3v) is 2.63. The van der Waals surface area contributed by atoms with Crippen LogP contribution in [0.4, 0.5) is 13.2 Å². The van der Waals surface area contributed by atoms with Crippen molar-refractivity contribution in [1.29, 1.82) is 0 Å². The second kappa shape index (κ2) is 5.47. The van der Waals surface area contributed by atoms with Gasteiger partial charge in [0, 0.05) is 18.5 Å². The molecule has 0 aliphatic heterocycles. The zero-order valence-electron chi connectivity index (χ0n) is 10.9. The van der Waals surface area contributed by atoms with E-state index in [-0.39, 0.29) is 11.7 Å². The first kappa shape index (κ1) is 14.9. The smallest absolute Gasteiger partial charge is 0.418 e. The Kier molecular flexibility index (Phi) is 3.88. The van der Waals surface area contributed by atoms with Gasteiger partial charge in [-0.1, -0.05) is 6.07 Å². The molecule has 0 radical (unpaired) electrons. The molecule has 2 aromatic rings. The molecule has 0 aromatic carbocycles. The number of rotatable bonds is 4. The summed E-state index contributed by atoms with van der Waals surface area (Å²) >= 11 is 0. The van der Waals surface area contributed by atoms with Crippen molar-refractivity contribution in [2.24, 2.45) is 0 Å². The number of carbonyl (C=O) groups is 1. The van der Waals surface area contributed by atoms with Gasteiger partial charge in [-0.3, -0.25) is 0 Å². The molecular formula is C13H11F3N2O3. The predicted molar refractivity (Wildman–Crippen MR) is 66.7 cm³/mol. The number of pyridine rings is 1. The lowest BCUT2D eigenvalue weighted by Crippen LogP contribution is -2.09.